The maximum atomic E-state index is 5.86. The third-order valence-corrected chi connectivity index (χ3v) is 3.29. The summed E-state index contributed by atoms with van der Waals surface area (Å²) in [4.78, 5) is 4.23. The van der Waals surface area contributed by atoms with Gasteiger partial charge in [-0.05, 0) is 32.4 Å². The summed E-state index contributed by atoms with van der Waals surface area (Å²) in [6, 6.07) is 10.2. The predicted octanol–water partition coefficient (Wildman–Crippen LogP) is 4.24. The molecule has 0 fully saturated rings. The molecule has 0 aliphatic rings. The Morgan fingerprint density at radius 3 is 2.82 bits per heavy atom. The van der Waals surface area contributed by atoms with Crippen molar-refractivity contribution >= 4 is 40.9 Å². The molecule has 1 atom stereocenters. The second-order valence-corrected chi connectivity index (χ2v) is 4.91. The van der Waals surface area contributed by atoms with Crippen molar-refractivity contribution in [1.82, 2.24) is 10.6 Å². The van der Waals surface area contributed by atoms with E-state index >= 15 is 0 Å². The molecular formula is C17H24IN3O. The Balaban J connectivity index is 0.00000242. The lowest BCUT2D eigenvalue weighted by Crippen LogP contribution is -2.38. The van der Waals surface area contributed by atoms with Gasteiger partial charge in [-0.1, -0.05) is 30.4 Å². The Morgan fingerprint density at radius 1 is 1.36 bits per heavy atom. The lowest BCUT2D eigenvalue weighted by molar-refractivity contribution is 0.488. The van der Waals surface area contributed by atoms with Gasteiger partial charge >= 0.3 is 0 Å². The SMILES string of the molecule is C/C=C/CCNC(=NC)NC(C)c1cc2ccccc2o1.I. The van der Waals surface area contributed by atoms with Gasteiger partial charge in [-0.15, -0.1) is 24.0 Å². The van der Waals surface area contributed by atoms with Crippen molar-refractivity contribution in [2.75, 3.05) is 13.6 Å². The molecular weight excluding hydrogens is 389 g/mol. The van der Waals surface area contributed by atoms with Crippen LogP contribution in [0.25, 0.3) is 11.0 Å². The van der Waals surface area contributed by atoms with E-state index in [1.807, 2.05) is 25.1 Å². The average Bonchev–Trinajstić information content (AvgIpc) is 2.94. The van der Waals surface area contributed by atoms with Crippen LogP contribution in [-0.4, -0.2) is 19.6 Å². The summed E-state index contributed by atoms with van der Waals surface area (Å²) >= 11 is 0. The van der Waals surface area contributed by atoms with Crippen molar-refractivity contribution in [1.29, 1.82) is 0 Å². The maximum Gasteiger partial charge on any atom is 0.191 e. The van der Waals surface area contributed by atoms with Gasteiger partial charge < -0.3 is 15.1 Å². The zero-order valence-corrected chi connectivity index (χ0v) is 15.6. The number of hydrogen-bond acceptors (Lipinski definition) is 2. The normalized spacial score (nSPS) is 13.1. The van der Waals surface area contributed by atoms with Gasteiger partial charge in [0.1, 0.15) is 11.3 Å². The minimum Gasteiger partial charge on any atom is -0.459 e. The van der Waals surface area contributed by atoms with E-state index in [4.69, 9.17) is 4.42 Å². The second-order valence-electron chi connectivity index (χ2n) is 4.91. The van der Waals surface area contributed by atoms with Crippen molar-refractivity contribution in [3.05, 3.63) is 48.2 Å². The number of halogens is 1. The number of aliphatic imine (C=N–C) groups is 1. The first kappa shape index (κ1) is 18.5. The Bertz CT molecular complexity index is 601. The van der Waals surface area contributed by atoms with Gasteiger partial charge in [0.25, 0.3) is 0 Å². The summed E-state index contributed by atoms with van der Waals surface area (Å²) < 4.78 is 5.86. The predicted molar refractivity (Wildman–Crippen MR) is 104 cm³/mol. The van der Waals surface area contributed by atoms with Gasteiger partial charge in [-0.3, -0.25) is 4.99 Å². The minimum atomic E-state index is 0. The number of rotatable bonds is 5. The van der Waals surface area contributed by atoms with Gasteiger partial charge in [0, 0.05) is 19.0 Å². The smallest absolute Gasteiger partial charge is 0.191 e. The van der Waals surface area contributed by atoms with Crippen LogP contribution in [0.3, 0.4) is 0 Å². The van der Waals surface area contributed by atoms with Crippen LogP contribution in [0, 0.1) is 0 Å². The van der Waals surface area contributed by atoms with Crippen LogP contribution in [0.15, 0.2) is 51.9 Å². The largest absolute Gasteiger partial charge is 0.459 e. The molecule has 2 N–H and O–H groups in total. The van der Waals surface area contributed by atoms with Crippen molar-refractivity contribution in [3.63, 3.8) is 0 Å². The number of nitrogens with one attached hydrogen (secondary N) is 2. The van der Waals surface area contributed by atoms with Gasteiger partial charge in [0.05, 0.1) is 6.04 Å². The van der Waals surface area contributed by atoms with E-state index in [1.165, 1.54) is 0 Å². The molecule has 1 heterocycles. The van der Waals surface area contributed by atoms with Crippen LogP contribution in [0.2, 0.25) is 0 Å². The number of nitrogens with zero attached hydrogens (tertiary/aromatic N) is 1. The molecule has 0 aliphatic carbocycles. The summed E-state index contributed by atoms with van der Waals surface area (Å²) in [6.07, 6.45) is 5.16. The Labute approximate surface area is 149 Å². The first-order chi connectivity index (χ1) is 10.2. The fourth-order valence-electron chi connectivity index (χ4n) is 2.13. The van der Waals surface area contributed by atoms with E-state index in [1.54, 1.807) is 7.05 Å². The van der Waals surface area contributed by atoms with Crippen LogP contribution in [-0.2, 0) is 0 Å². The molecule has 5 heteroatoms. The molecule has 0 aliphatic heterocycles. The summed E-state index contributed by atoms with van der Waals surface area (Å²) in [5.74, 6) is 1.69. The lowest BCUT2D eigenvalue weighted by atomic mass is 10.2. The van der Waals surface area contributed by atoms with Crippen molar-refractivity contribution < 1.29 is 4.42 Å². The monoisotopic (exact) mass is 413 g/mol. The zero-order chi connectivity index (χ0) is 15.1. The first-order valence-electron chi connectivity index (χ1n) is 7.31. The van der Waals surface area contributed by atoms with Crippen molar-refractivity contribution in [3.8, 4) is 0 Å². The molecule has 1 aromatic carbocycles. The summed E-state index contributed by atoms with van der Waals surface area (Å²) in [5.41, 5.74) is 0.914. The third-order valence-electron chi connectivity index (χ3n) is 3.29. The average molecular weight is 413 g/mol. The maximum absolute atomic E-state index is 5.86. The van der Waals surface area contributed by atoms with E-state index < -0.39 is 0 Å². The van der Waals surface area contributed by atoms with E-state index in [2.05, 4.69) is 46.8 Å². The third kappa shape index (κ3) is 5.05. The molecule has 4 nitrogen and oxygen atoms in total. The van der Waals surface area contributed by atoms with E-state index in [0.717, 1.165) is 35.7 Å². The van der Waals surface area contributed by atoms with E-state index in [0.29, 0.717) is 0 Å². The fraction of sp³-hybridized carbons (Fsp3) is 0.353. The first-order valence-corrected chi connectivity index (χ1v) is 7.31. The number of furan rings is 1. The van der Waals surface area contributed by atoms with Crippen molar-refractivity contribution in [2.24, 2.45) is 4.99 Å². The number of hydrogen-bond donors (Lipinski definition) is 2. The molecule has 120 valence electrons. The van der Waals surface area contributed by atoms with Gasteiger partial charge in [-0.25, -0.2) is 0 Å². The van der Waals surface area contributed by atoms with E-state index in [9.17, 15) is 0 Å². The quantitative estimate of drug-likeness (QED) is 0.254. The molecule has 2 rings (SSSR count). The Hall–Kier alpha value is -1.50. The summed E-state index contributed by atoms with van der Waals surface area (Å²) in [6.45, 7) is 4.95. The van der Waals surface area contributed by atoms with Crippen LogP contribution in [0.1, 0.15) is 32.1 Å². The summed E-state index contributed by atoms with van der Waals surface area (Å²) in [7, 11) is 1.77. The zero-order valence-electron chi connectivity index (χ0n) is 13.3. The Morgan fingerprint density at radius 2 is 2.14 bits per heavy atom. The van der Waals surface area contributed by atoms with Crippen LogP contribution >= 0.6 is 24.0 Å². The van der Waals surface area contributed by atoms with Crippen LogP contribution in [0.4, 0.5) is 0 Å². The van der Waals surface area contributed by atoms with Gasteiger partial charge in [-0.2, -0.15) is 0 Å². The Kier molecular flexibility index (Phi) is 8.01. The molecule has 0 bridgehead atoms. The highest BCUT2D eigenvalue weighted by Gasteiger charge is 2.12. The molecule has 0 saturated heterocycles. The number of allylic oxidation sites excluding steroid dienone is 1. The van der Waals surface area contributed by atoms with Gasteiger partial charge in [0.15, 0.2) is 5.96 Å². The molecule has 0 spiro atoms. The van der Waals surface area contributed by atoms with Crippen LogP contribution in [0.5, 0.6) is 0 Å². The molecule has 0 radical (unpaired) electrons. The second kappa shape index (κ2) is 9.50. The highest BCUT2D eigenvalue weighted by atomic mass is 127. The highest BCUT2D eigenvalue weighted by Crippen LogP contribution is 2.23. The molecule has 2 aromatic rings. The molecule has 1 unspecified atom stereocenters. The highest BCUT2D eigenvalue weighted by molar-refractivity contribution is 14.0. The topological polar surface area (TPSA) is 49.6 Å². The molecule has 0 saturated carbocycles. The fourth-order valence-corrected chi connectivity index (χ4v) is 2.13. The van der Waals surface area contributed by atoms with Crippen LogP contribution < -0.4 is 10.6 Å². The molecule has 22 heavy (non-hydrogen) atoms. The lowest BCUT2D eigenvalue weighted by Gasteiger charge is -2.15. The number of guanidine groups is 1. The standard InChI is InChI=1S/C17H23N3O.HI/c1-4-5-8-11-19-17(18-3)20-13(2)16-12-14-9-6-7-10-15(14)21-16;/h4-7,9-10,12-13H,8,11H2,1-3H3,(H2,18,19,20);1H/b5-4+;. The molecule has 0 amide bonds. The van der Waals surface area contributed by atoms with Crippen molar-refractivity contribution in [2.45, 2.75) is 26.3 Å². The minimum absolute atomic E-state index is 0. The number of benzene rings is 1. The molecule has 1 aromatic heterocycles. The van der Waals surface area contributed by atoms with Gasteiger partial charge in [0.2, 0.25) is 0 Å². The number of fused-ring (bicyclic) bond motifs is 1. The number of para-hydroxylation sites is 1. The van der Waals surface area contributed by atoms with E-state index in [-0.39, 0.29) is 30.0 Å². The summed E-state index contributed by atoms with van der Waals surface area (Å²) in [5, 5.41) is 7.75.